The molecule has 1 aromatic carbocycles. The Labute approximate surface area is 113 Å². The number of aromatic nitrogens is 2. The summed E-state index contributed by atoms with van der Waals surface area (Å²) in [5.41, 5.74) is 2.08. The van der Waals surface area contributed by atoms with E-state index in [1.165, 1.54) is 0 Å². The molecule has 1 heterocycles. The third kappa shape index (κ3) is 3.32. The molecule has 2 N–H and O–H groups in total. The van der Waals surface area contributed by atoms with Crippen molar-refractivity contribution < 1.29 is 4.79 Å². The van der Waals surface area contributed by atoms with E-state index in [-0.39, 0.29) is 5.91 Å². The first-order chi connectivity index (χ1) is 9.22. The summed E-state index contributed by atoms with van der Waals surface area (Å²) in [7, 11) is 1.93. The molecule has 102 valence electrons. The molecule has 5 heteroatoms. The number of carbonyl (C=O) groups excluding carboxylic acids is 1. The lowest BCUT2D eigenvalue weighted by Crippen LogP contribution is -2.34. The van der Waals surface area contributed by atoms with E-state index in [9.17, 15) is 4.79 Å². The Morgan fingerprint density at radius 2 is 2.16 bits per heavy atom. The predicted octanol–water partition coefficient (Wildman–Crippen LogP) is 1.19. The van der Waals surface area contributed by atoms with Gasteiger partial charge in [-0.1, -0.05) is 25.1 Å². The molecule has 19 heavy (non-hydrogen) atoms. The highest BCUT2D eigenvalue weighted by Gasteiger charge is 2.07. The van der Waals surface area contributed by atoms with Gasteiger partial charge in [-0.05, 0) is 12.5 Å². The van der Waals surface area contributed by atoms with Crippen LogP contribution in [0.25, 0.3) is 10.9 Å². The molecule has 0 saturated heterocycles. The first kappa shape index (κ1) is 13.5. The predicted molar refractivity (Wildman–Crippen MR) is 75.7 cm³/mol. The highest BCUT2D eigenvalue weighted by Crippen LogP contribution is 2.16. The Bertz CT molecular complexity index is 562. The molecule has 0 unspecified atom stereocenters. The van der Waals surface area contributed by atoms with Gasteiger partial charge < -0.3 is 10.6 Å². The van der Waals surface area contributed by atoms with Gasteiger partial charge in [-0.3, -0.25) is 9.48 Å². The average Bonchev–Trinajstić information content (AvgIpc) is 2.74. The number of rotatable bonds is 6. The van der Waals surface area contributed by atoms with Crippen molar-refractivity contribution in [3.8, 4) is 0 Å². The first-order valence-corrected chi connectivity index (χ1v) is 6.60. The molecule has 1 aromatic heterocycles. The highest BCUT2D eigenvalue weighted by atomic mass is 16.1. The summed E-state index contributed by atoms with van der Waals surface area (Å²) < 4.78 is 1.86. The van der Waals surface area contributed by atoms with Crippen molar-refractivity contribution in [2.75, 3.05) is 13.1 Å². The van der Waals surface area contributed by atoms with Gasteiger partial charge in [0.05, 0.1) is 17.8 Å². The normalized spacial score (nSPS) is 10.8. The summed E-state index contributed by atoms with van der Waals surface area (Å²) in [6.45, 7) is 3.69. The number of para-hydroxylation sites is 1. The van der Waals surface area contributed by atoms with Crippen LogP contribution in [-0.2, 0) is 18.4 Å². The molecule has 0 atom stereocenters. The van der Waals surface area contributed by atoms with Crippen molar-refractivity contribution in [3.05, 3.63) is 30.0 Å². The zero-order chi connectivity index (χ0) is 13.7. The molecular weight excluding hydrogens is 240 g/mol. The molecule has 5 nitrogen and oxygen atoms in total. The number of nitrogens with one attached hydrogen (secondary N) is 2. The van der Waals surface area contributed by atoms with E-state index < -0.39 is 0 Å². The minimum absolute atomic E-state index is 0.0297. The number of fused-ring (bicyclic) bond motifs is 1. The van der Waals surface area contributed by atoms with E-state index >= 15 is 0 Å². The summed E-state index contributed by atoms with van der Waals surface area (Å²) >= 11 is 0. The summed E-state index contributed by atoms with van der Waals surface area (Å²) in [5.74, 6) is 0.0297. The van der Waals surface area contributed by atoms with Crippen molar-refractivity contribution in [2.24, 2.45) is 7.05 Å². The highest BCUT2D eigenvalue weighted by molar-refractivity contribution is 5.82. The van der Waals surface area contributed by atoms with Gasteiger partial charge in [0, 0.05) is 25.5 Å². The zero-order valence-electron chi connectivity index (χ0n) is 11.4. The van der Waals surface area contributed by atoms with Gasteiger partial charge in [-0.2, -0.15) is 5.10 Å². The second kappa shape index (κ2) is 6.33. The molecule has 0 aliphatic rings. The van der Waals surface area contributed by atoms with E-state index in [1.807, 2.05) is 36.9 Å². The van der Waals surface area contributed by atoms with Gasteiger partial charge in [0.2, 0.25) is 5.91 Å². The maximum Gasteiger partial charge on any atom is 0.233 e. The van der Waals surface area contributed by atoms with Crippen molar-refractivity contribution in [3.63, 3.8) is 0 Å². The van der Waals surface area contributed by atoms with Gasteiger partial charge >= 0.3 is 0 Å². The van der Waals surface area contributed by atoms with Crippen LogP contribution in [0.15, 0.2) is 24.3 Å². The summed E-state index contributed by atoms with van der Waals surface area (Å²) in [6.07, 6.45) is 0.955. The van der Waals surface area contributed by atoms with E-state index in [2.05, 4.69) is 21.8 Å². The Hall–Kier alpha value is -1.88. The van der Waals surface area contributed by atoms with Crippen LogP contribution < -0.4 is 10.6 Å². The second-order valence-electron chi connectivity index (χ2n) is 4.54. The SMILES string of the molecule is CCCNC(=O)CNCc1nn(C)c2ccccc12. The summed E-state index contributed by atoms with van der Waals surface area (Å²) in [6, 6.07) is 8.09. The molecule has 0 bridgehead atoms. The first-order valence-electron chi connectivity index (χ1n) is 6.60. The standard InChI is InChI=1S/C14H20N4O/c1-3-8-16-14(19)10-15-9-12-11-6-4-5-7-13(11)18(2)17-12/h4-7,15H,3,8-10H2,1-2H3,(H,16,19). The Balaban J connectivity index is 1.93. The molecule has 0 saturated carbocycles. The number of benzene rings is 1. The van der Waals surface area contributed by atoms with Gasteiger partial charge in [-0.25, -0.2) is 0 Å². The smallest absolute Gasteiger partial charge is 0.233 e. The van der Waals surface area contributed by atoms with Gasteiger partial charge in [-0.15, -0.1) is 0 Å². The molecule has 0 aliphatic carbocycles. The number of hydrogen-bond donors (Lipinski definition) is 2. The molecule has 0 radical (unpaired) electrons. The largest absolute Gasteiger partial charge is 0.355 e. The van der Waals surface area contributed by atoms with E-state index in [1.54, 1.807) is 0 Å². The van der Waals surface area contributed by atoms with E-state index in [4.69, 9.17) is 0 Å². The number of aryl methyl sites for hydroxylation is 1. The van der Waals surface area contributed by atoms with Gasteiger partial charge in [0.25, 0.3) is 0 Å². The van der Waals surface area contributed by atoms with Crippen molar-refractivity contribution in [1.29, 1.82) is 0 Å². The molecule has 1 amide bonds. The topological polar surface area (TPSA) is 59.0 Å². The molecule has 2 rings (SSSR count). The van der Waals surface area contributed by atoms with E-state index in [0.29, 0.717) is 13.1 Å². The fourth-order valence-electron chi connectivity index (χ4n) is 2.04. The van der Waals surface area contributed by atoms with Crippen LogP contribution in [0.2, 0.25) is 0 Å². The molecular formula is C14H20N4O. The minimum atomic E-state index is 0.0297. The number of nitrogens with zero attached hydrogens (tertiary/aromatic N) is 2. The Kier molecular flexibility index (Phi) is 4.52. The zero-order valence-corrected chi connectivity index (χ0v) is 11.4. The number of hydrogen-bond acceptors (Lipinski definition) is 3. The van der Waals surface area contributed by atoms with Crippen molar-refractivity contribution in [1.82, 2.24) is 20.4 Å². The fourth-order valence-corrected chi connectivity index (χ4v) is 2.04. The third-order valence-electron chi connectivity index (χ3n) is 2.98. The van der Waals surface area contributed by atoms with Crippen LogP contribution in [0.1, 0.15) is 19.0 Å². The van der Waals surface area contributed by atoms with Crippen molar-refractivity contribution in [2.45, 2.75) is 19.9 Å². The lowest BCUT2D eigenvalue weighted by atomic mass is 10.2. The molecule has 0 fully saturated rings. The lowest BCUT2D eigenvalue weighted by Gasteiger charge is -2.04. The lowest BCUT2D eigenvalue weighted by molar-refractivity contribution is -0.120. The molecule has 0 aliphatic heterocycles. The maximum absolute atomic E-state index is 11.5. The quantitative estimate of drug-likeness (QED) is 0.820. The molecule has 0 spiro atoms. The fraction of sp³-hybridized carbons (Fsp3) is 0.429. The van der Waals surface area contributed by atoms with E-state index in [0.717, 1.165) is 29.6 Å². The molecule has 2 aromatic rings. The number of carbonyl (C=O) groups is 1. The minimum Gasteiger partial charge on any atom is -0.355 e. The van der Waals surface area contributed by atoms with Crippen LogP contribution >= 0.6 is 0 Å². The Morgan fingerprint density at radius 1 is 1.37 bits per heavy atom. The van der Waals surface area contributed by atoms with Crippen molar-refractivity contribution >= 4 is 16.8 Å². The van der Waals surface area contributed by atoms with Gasteiger partial charge in [0.15, 0.2) is 0 Å². The van der Waals surface area contributed by atoms with Crippen LogP contribution in [-0.4, -0.2) is 28.8 Å². The summed E-state index contributed by atoms with van der Waals surface area (Å²) in [4.78, 5) is 11.5. The number of amides is 1. The Morgan fingerprint density at radius 3 is 2.95 bits per heavy atom. The summed E-state index contributed by atoms with van der Waals surface area (Å²) in [5, 5.41) is 11.6. The van der Waals surface area contributed by atoms with Crippen LogP contribution in [0, 0.1) is 0 Å². The van der Waals surface area contributed by atoms with Crippen LogP contribution in [0.5, 0.6) is 0 Å². The monoisotopic (exact) mass is 260 g/mol. The second-order valence-corrected chi connectivity index (χ2v) is 4.54. The van der Waals surface area contributed by atoms with Crippen LogP contribution in [0.3, 0.4) is 0 Å². The van der Waals surface area contributed by atoms with Crippen LogP contribution in [0.4, 0.5) is 0 Å². The average molecular weight is 260 g/mol. The maximum atomic E-state index is 11.5. The van der Waals surface area contributed by atoms with Gasteiger partial charge in [0.1, 0.15) is 0 Å². The third-order valence-corrected chi connectivity index (χ3v) is 2.98.